The number of rotatable bonds is 6. The second-order valence-corrected chi connectivity index (χ2v) is 7.29. The zero-order valence-electron chi connectivity index (χ0n) is 15.0. The molecule has 1 amide bonds. The van der Waals surface area contributed by atoms with Gasteiger partial charge >= 0.3 is 0 Å². The molecule has 3 heterocycles. The van der Waals surface area contributed by atoms with E-state index in [-0.39, 0.29) is 5.91 Å². The minimum atomic E-state index is -0.426. The maximum atomic E-state index is 12.1. The van der Waals surface area contributed by atoms with E-state index in [1.165, 1.54) is 25.7 Å². The lowest BCUT2D eigenvalue weighted by atomic mass is 9.71. The minimum absolute atomic E-state index is 0.108. The predicted octanol–water partition coefficient (Wildman–Crippen LogP) is 1.12. The summed E-state index contributed by atoms with van der Waals surface area (Å²) in [6.07, 6.45) is 10.5. The van der Waals surface area contributed by atoms with Crippen LogP contribution in [0.3, 0.4) is 0 Å². The van der Waals surface area contributed by atoms with Crippen molar-refractivity contribution >= 4 is 17.9 Å². The van der Waals surface area contributed by atoms with Gasteiger partial charge in [-0.2, -0.15) is 5.10 Å². The van der Waals surface area contributed by atoms with Crippen LogP contribution in [0.2, 0.25) is 0 Å². The molecule has 0 bridgehead atoms. The molecule has 1 aromatic heterocycles. The van der Waals surface area contributed by atoms with E-state index in [2.05, 4.69) is 20.6 Å². The van der Waals surface area contributed by atoms with Crippen molar-refractivity contribution < 1.29 is 9.59 Å². The molecule has 0 saturated carbocycles. The molecule has 1 unspecified atom stereocenters. The average molecular weight is 347 g/mol. The third-order valence-electron chi connectivity index (χ3n) is 5.87. The topological polar surface area (TPSA) is 79.3 Å². The van der Waals surface area contributed by atoms with Gasteiger partial charge in [0.2, 0.25) is 5.91 Å². The number of hydrogen-bond acceptors (Lipinski definition) is 5. The van der Waals surface area contributed by atoms with Crippen LogP contribution >= 0.6 is 0 Å². The Kier molecular flexibility index (Phi) is 5.73. The fourth-order valence-electron chi connectivity index (χ4n) is 4.13. The third kappa shape index (κ3) is 4.03. The molecular weight excluding hydrogens is 318 g/mol. The SMILES string of the molecule is CNC(=O)C(CCC=O)n1cc(N2CCC3(CCNCC3)CC2)cn1. The van der Waals surface area contributed by atoms with Crippen molar-refractivity contribution in [1.82, 2.24) is 20.4 Å². The number of nitrogens with one attached hydrogen (secondary N) is 2. The molecule has 3 rings (SSSR count). The van der Waals surface area contributed by atoms with Gasteiger partial charge in [0.05, 0.1) is 11.9 Å². The van der Waals surface area contributed by atoms with E-state index < -0.39 is 6.04 Å². The maximum absolute atomic E-state index is 12.1. The summed E-state index contributed by atoms with van der Waals surface area (Å²) in [5, 5.41) is 10.5. The Morgan fingerprint density at radius 2 is 2.08 bits per heavy atom. The summed E-state index contributed by atoms with van der Waals surface area (Å²) >= 11 is 0. The summed E-state index contributed by atoms with van der Waals surface area (Å²) in [6.45, 7) is 4.38. The van der Waals surface area contributed by atoms with Crippen LogP contribution in [0.15, 0.2) is 12.4 Å². The first-order valence-electron chi connectivity index (χ1n) is 9.32. The molecule has 2 fully saturated rings. The highest BCUT2D eigenvalue weighted by atomic mass is 16.2. The summed E-state index contributed by atoms with van der Waals surface area (Å²) in [6, 6.07) is -0.426. The van der Waals surface area contributed by atoms with Crippen LogP contribution in [0.1, 0.15) is 44.6 Å². The van der Waals surface area contributed by atoms with Crippen molar-refractivity contribution in [1.29, 1.82) is 0 Å². The van der Waals surface area contributed by atoms with E-state index in [9.17, 15) is 9.59 Å². The number of amides is 1. The van der Waals surface area contributed by atoms with Gasteiger partial charge in [0, 0.05) is 32.8 Å². The van der Waals surface area contributed by atoms with Gasteiger partial charge in [-0.05, 0) is 50.6 Å². The quantitative estimate of drug-likeness (QED) is 0.754. The fraction of sp³-hybridized carbons (Fsp3) is 0.722. The van der Waals surface area contributed by atoms with Crippen LogP contribution in [0.4, 0.5) is 5.69 Å². The van der Waals surface area contributed by atoms with Gasteiger partial charge in [0.1, 0.15) is 12.3 Å². The van der Waals surface area contributed by atoms with Gasteiger partial charge in [-0.1, -0.05) is 0 Å². The molecule has 1 spiro atoms. The van der Waals surface area contributed by atoms with E-state index in [1.807, 2.05) is 12.4 Å². The number of likely N-dealkylation sites (N-methyl/N-ethyl adjacent to an activating group) is 1. The fourth-order valence-corrected chi connectivity index (χ4v) is 4.13. The van der Waals surface area contributed by atoms with Crippen molar-refractivity contribution in [2.75, 3.05) is 38.1 Å². The number of nitrogens with zero attached hydrogens (tertiary/aromatic N) is 3. The number of anilines is 1. The first-order chi connectivity index (χ1) is 12.2. The molecular formula is C18H29N5O2. The highest BCUT2D eigenvalue weighted by molar-refractivity contribution is 5.80. The summed E-state index contributed by atoms with van der Waals surface area (Å²) in [5.74, 6) is -0.108. The van der Waals surface area contributed by atoms with Crippen LogP contribution in [0, 0.1) is 5.41 Å². The van der Waals surface area contributed by atoms with E-state index >= 15 is 0 Å². The summed E-state index contributed by atoms with van der Waals surface area (Å²) in [4.78, 5) is 25.1. The molecule has 7 nitrogen and oxygen atoms in total. The van der Waals surface area contributed by atoms with Gasteiger partial charge in [-0.25, -0.2) is 0 Å². The lowest BCUT2D eigenvalue weighted by Crippen LogP contribution is -2.45. The second-order valence-electron chi connectivity index (χ2n) is 7.29. The lowest BCUT2D eigenvalue weighted by Gasteiger charge is -2.44. The molecule has 0 aliphatic carbocycles. The molecule has 1 aromatic rings. The molecule has 2 aliphatic heterocycles. The van der Waals surface area contributed by atoms with Crippen molar-refractivity contribution in [3.63, 3.8) is 0 Å². The van der Waals surface area contributed by atoms with Crippen LogP contribution in [0.25, 0.3) is 0 Å². The van der Waals surface area contributed by atoms with Gasteiger partial charge in [0.25, 0.3) is 0 Å². The molecule has 0 aromatic carbocycles. The van der Waals surface area contributed by atoms with Gasteiger partial charge in [-0.15, -0.1) is 0 Å². The molecule has 1 atom stereocenters. The molecule has 2 aliphatic rings. The molecule has 7 heteroatoms. The van der Waals surface area contributed by atoms with Crippen molar-refractivity contribution in [2.24, 2.45) is 5.41 Å². The Labute approximate surface area is 149 Å². The Hall–Kier alpha value is -1.89. The monoisotopic (exact) mass is 347 g/mol. The van der Waals surface area contributed by atoms with Gasteiger partial charge in [0.15, 0.2) is 0 Å². The van der Waals surface area contributed by atoms with Crippen LogP contribution < -0.4 is 15.5 Å². The zero-order valence-corrected chi connectivity index (χ0v) is 15.0. The molecule has 138 valence electrons. The average Bonchev–Trinajstić information content (AvgIpc) is 3.13. The largest absolute Gasteiger partial charge is 0.369 e. The predicted molar refractivity (Wildman–Crippen MR) is 96.6 cm³/mol. The number of aromatic nitrogens is 2. The Bertz CT molecular complexity index is 584. The smallest absolute Gasteiger partial charge is 0.244 e. The Balaban J connectivity index is 1.64. The van der Waals surface area contributed by atoms with Crippen molar-refractivity contribution in [3.05, 3.63) is 12.4 Å². The molecule has 2 N–H and O–H groups in total. The number of carbonyl (C=O) groups is 2. The van der Waals surface area contributed by atoms with E-state index in [4.69, 9.17) is 0 Å². The second kappa shape index (κ2) is 7.99. The van der Waals surface area contributed by atoms with Gasteiger partial charge in [-0.3, -0.25) is 9.48 Å². The number of aldehydes is 1. The number of hydrogen-bond donors (Lipinski definition) is 2. The van der Waals surface area contributed by atoms with Crippen LogP contribution in [-0.2, 0) is 9.59 Å². The van der Waals surface area contributed by atoms with Crippen LogP contribution in [-0.4, -0.2) is 55.2 Å². The molecule has 2 saturated heterocycles. The maximum Gasteiger partial charge on any atom is 0.244 e. The molecule has 25 heavy (non-hydrogen) atoms. The summed E-state index contributed by atoms with van der Waals surface area (Å²) in [5.41, 5.74) is 1.59. The number of piperidine rings is 2. The number of carbonyl (C=O) groups excluding carboxylic acids is 2. The van der Waals surface area contributed by atoms with E-state index in [1.54, 1.807) is 11.7 Å². The minimum Gasteiger partial charge on any atom is -0.369 e. The Morgan fingerprint density at radius 3 is 2.72 bits per heavy atom. The highest BCUT2D eigenvalue weighted by Crippen LogP contribution is 2.40. The third-order valence-corrected chi connectivity index (χ3v) is 5.87. The van der Waals surface area contributed by atoms with E-state index in [0.717, 1.165) is 38.2 Å². The van der Waals surface area contributed by atoms with Crippen molar-refractivity contribution in [2.45, 2.75) is 44.6 Å². The van der Waals surface area contributed by atoms with Crippen molar-refractivity contribution in [3.8, 4) is 0 Å². The van der Waals surface area contributed by atoms with Gasteiger partial charge < -0.3 is 20.3 Å². The van der Waals surface area contributed by atoms with Crippen LogP contribution in [0.5, 0.6) is 0 Å². The first kappa shape index (κ1) is 17.9. The highest BCUT2D eigenvalue weighted by Gasteiger charge is 2.35. The molecule has 0 radical (unpaired) electrons. The standard InChI is InChI=1S/C18H29N5O2/c1-19-17(25)16(3-2-12-24)23-14-15(13-21-23)22-10-6-18(7-11-22)4-8-20-9-5-18/h12-14,16,20H,2-11H2,1H3,(H,19,25). The summed E-state index contributed by atoms with van der Waals surface area (Å²) in [7, 11) is 1.61. The summed E-state index contributed by atoms with van der Waals surface area (Å²) < 4.78 is 1.70. The Morgan fingerprint density at radius 1 is 1.36 bits per heavy atom. The first-order valence-corrected chi connectivity index (χ1v) is 9.32. The normalized spacial score (nSPS) is 21.1. The lowest BCUT2D eigenvalue weighted by molar-refractivity contribution is -0.124. The van der Waals surface area contributed by atoms with E-state index in [0.29, 0.717) is 18.3 Å². The zero-order chi connectivity index (χ0) is 17.7.